The highest BCUT2D eigenvalue weighted by molar-refractivity contribution is 5.32. The zero-order chi connectivity index (χ0) is 10.0. The maximum atomic E-state index is 13.7. The fourth-order valence-electron chi connectivity index (χ4n) is 1.67. The van der Waals surface area contributed by atoms with E-state index in [-0.39, 0.29) is 0 Å². The second-order valence-electron chi connectivity index (χ2n) is 4.02. The molecule has 76 valence electrons. The zero-order valence-electron chi connectivity index (χ0n) is 8.52. The molecule has 0 heterocycles. The van der Waals surface area contributed by atoms with E-state index in [9.17, 15) is 4.39 Å². The van der Waals surface area contributed by atoms with Gasteiger partial charge in [-0.3, -0.25) is 0 Å². The molecular formula is C12H16FN. The Labute approximate surface area is 84.3 Å². The van der Waals surface area contributed by atoms with Crippen molar-refractivity contribution in [2.24, 2.45) is 0 Å². The average Bonchev–Trinajstić information content (AvgIpc) is 2.95. The minimum Gasteiger partial charge on any atom is -0.319 e. The Hall–Kier alpha value is -0.890. The van der Waals surface area contributed by atoms with E-state index < -0.39 is 5.67 Å². The molecule has 0 atom stereocenters. The van der Waals surface area contributed by atoms with Crippen molar-refractivity contribution in [3.05, 3.63) is 35.4 Å². The number of alkyl halides is 1. The molecule has 1 aliphatic carbocycles. The van der Waals surface area contributed by atoms with Crippen molar-refractivity contribution in [3.63, 3.8) is 0 Å². The standard InChI is InChI=1S/C12H16FN/c1-14-8-5-10-3-2-4-11(9-10)12(13)6-7-12/h2-4,9,14H,5-8H2,1H3. The maximum absolute atomic E-state index is 13.7. The van der Waals surface area contributed by atoms with Crippen LogP contribution in [0.25, 0.3) is 0 Å². The van der Waals surface area contributed by atoms with E-state index in [0.717, 1.165) is 18.5 Å². The molecule has 0 aliphatic heterocycles. The first-order chi connectivity index (χ1) is 6.74. The minimum absolute atomic E-state index is 0.697. The molecule has 0 spiro atoms. The molecule has 1 aromatic carbocycles. The molecule has 2 heteroatoms. The Balaban J connectivity index is 2.11. The third-order valence-electron chi connectivity index (χ3n) is 2.80. The van der Waals surface area contributed by atoms with Crippen LogP contribution in [0.1, 0.15) is 24.0 Å². The van der Waals surface area contributed by atoms with Crippen molar-refractivity contribution in [3.8, 4) is 0 Å². The number of hydrogen-bond acceptors (Lipinski definition) is 1. The second-order valence-corrected chi connectivity index (χ2v) is 4.02. The van der Waals surface area contributed by atoms with Gasteiger partial charge >= 0.3 is 0 Å². The molecule has 0 saturated heterocycles. The third kappa shape index (κ3) is 1.95. The summed E-state index contributed by atoms with van der Waals surface area (Å²) in [7, 11) is 1.93. The smallest absolute Gasteiger partial charge is 0.136 e. The predicted octanol–water partition coefficient (Wildman–Crippen LogP) is 2.41. The SMILES string of the molecule is CNCCc1cccc(C2(F)CC2)c1. The Bertz CT molecular complexity index is 318. The lowest BCUT2D eigenvalue weighted by molar-refractivity contribution is 0.317. The molecule has 1 fully saturated rings. The molecule has 1 saturated carbocycles. The molecule has 0 radical (unpaired) electrons. The fraction of sp³-hybridized carbons (Fsp3) is 0.500. The Morgan fingerprint density at radius 3 is 2.86 bits per heavy atom. The highest BCUT2D eigenvalue weighted by Gasteiger charge is 2.44. The van der Waals surface area contributed by atoms with Crippen LogP contribution in [0.2, 0.25) is 0 Å². The molecular weight excluding hydrogens is 177 g/mol. The molecule has 1 nitrogen and oxygen atoms in total. The van der Waals surface area contributed by atoms with E-state index in [1.165, 1.54) is 5.56 Å². The van der Waals surface area contributed by atoms with Crippen molar-refractivity contribution < 1.29 is 4.39 Å². The van der Waals surface area contributed by atoms with Crippen LogP contribution < -0.4 is 5.32 Å². The molecule has 0 unspecified atom stereocenters. The molecule has 1 N–H and O–H groups in total. The lowest BCUT2D eigenvalue weighted by Gasteiger charge is -2.07. The van der Waals surface area contributed by atoms with E-state index in [4.69, 9.17) is 0 Å². The highest BCUT2D eigenvalue weighted by Crippen LogP contribution is 2.49. The fourth-order valence-corrected chi connectivity index (χ4v) is 1.67. The van der Waals surface area contributed by atoms with Gasteiger partial charge in [0.05, 0.1) is 0 Å². The normalized spacial score (nSPS) is 18.1. The van der Waals surface area contributed by atoms with Crippen LogP contribution in [0.3, 0.4) is 0 Å². The highest BCUT2D eigenvalue weighted by atomic mass is 19.1. The van der Waals surface area contributed by atoms with E-state index in [1.807, 2.05) is 25.2 Å². The molecule has 0 amide bonds. The maximum Gasteiger partial charge on any atom is 0.136 e. The first-order valence-corrected chi connectivity index (χ1v) is 5.17. The van der Waals surface area contributed by atoms with E-state index in [0.29, 0.717) is 12.8 Å². The zero-order valence-corrected chi connectivity index (χ0v) is 8.52. The topological polar surface area (TPSA) is 12.0 Å². The van der Waals surface area contributed by atoms with Gasteiger partial charge in [-0.1, -0.05) is 24.3 Å². The summed E-state index contributed by atoms with van der Waals surface area (Å²) in [6.07, 6.45) is 2.37. The van der Waals surface area contributed by atoms with Gasteiger partial charge < -0.3 is 5.32 Å². The lowest BCUT2D eigenvalue weighted by atomic mass is 10.0. The van der Waals surface area contributed by atoms with Crippen LogP contribution in [0.15, 0.2) is 24.3 Å². The van der Waals surface area contributed by atoms with Gasteiger partial charge in [-0.15, -0.1) is 0 Å². The van der Waals surface area contributed by atoms with Crippen molar-refractivity contribution in [1.29, 1.82) is 0 Å². The summed E-state index contributed by atoms with van der Waals surface area (Å²) in [4.78, 5) is 0. The molecule has 14 heavy (non-hydrogen) atoms. The van der Waals surface area contributed by atoms with Crippen LogP contribution in [-0.2, 0) is 12.1 Å². The summed E-state index contributed by atoms with van der Waals surface area (Å²) in [5.74, 6) is 0. The summed E-state index contributed by atoms with van der Waals surface area (Å²) < 4.78 is 13.7. The van der Waals surface area contributed by atoms with Gasteiger partial charge in [0.1, 0.15) is 5.67 Å². The summed E-state index contributed by atoms with van der Waals surface area (Å²) in [6.45, 7) is 0.947. The van der Waals surface area contributed by atoms with Gasteiger partial charge in [-0.05, 0) is 44.0 Å². The average molecular weight is 193 g/mol. The van der Waals surface area contributed by atoms with Crippen molar-refractivity contribution in [2.75, 3.05) is 13.6 Å². The quantitative estimate of drug-likeness (QED) is 0.774. The largest absolute Gasteiger partial charge is 0.319 e. The second kappa shape index (κ2) is 3.70. The number of hydrogen-bond donors (Lipinski definition) is 1. The van der Waals surface area contributed by atoms with Crippen LogP contribution >= 0.6 is 0 Å². The van der Waals surface area contributed by atoms with Crippen molar-refractivity contribution in [2.45, 2.75) is 24.9 Å². The minimum atomic E-state index is -0.990. The van der Waals surface area contributed by atoms with Gasteiger partial charge in [-0.25, -0.2) is 4.39 Å². The number of benzene rings is 1. The first kappa shape index (κ1) is 9.66. The monoisotopic (exact) mass is 193 g/mol. The van der Waals surface area contributed by atoms with E-state index >= 15 is 0 Å². The van der Waals surface area contributed by atoms with Gasteiger partial charge in [-0.2, -0.15) is 0 Å². The van der Waals surface area contributed by atoms with Crippen molar-refractivity contribution in [1.82, 2.24) is 5.32 Å². The van der Waals surface area contributed by atoms with Crippen molar-refractivity contribution >= 4 is 0 Å². The van der Waals surface area contributed by atoms with Crippen LogP contribution in [0.4, 0.5) is 4.39 Å². The van der Waals surface area contributed by atoms with Crippen LogP contribution in [0, 0.1) is 0 Å². The molecule has 1 aliphatic rings. The molecule has 0 aromatic heterocycles. The number of rotatable bonds is 4. The lowest BCUT2D eigenvalue weighted by Crippen LogP contribution is -2.10. The Morgan fingerprint density at radius 2 is 2.21 bits per heavy atom. The number of nitrogens with one attached hydrogen (secondary N) is 1. The molecule has 1 aromatic rings. The summed E-state index contributed by atoms with van der Waals surface area (Å²) in [5.41, 5.74) is 1.10. The van der Waals surface area contributed by atoms with Gasteiger partial charge in [0.2, 0.25) is 0 Å². The van der Waals surface area contributed by atoms with Crippen LogP contribution in [0.5, 0.6) is 0 Å². The number of halogens is 1. The van der Waals surface area contributed by atoms with E-state index in [2.05, 4.69) is 11.4 Å². The van der Waals surface area contributed by atoms with Gasteiger partial charge in [0.25, 0.3) is 0 Å². The molecule has 0 bridgehead atoms. The summed E-state index contributed by atoms with van der Waals surface area (Å²) in [6, 6.07) is 7.92. The molecule has 2 rings (SSSR count). The Morgan fingerprint density at radius 1 is 1.43 bits per heavy atom. The van der Waals surface area contributed by atoms with Gasteiger partial charge in [0, 0.05) is 0 Å². The van der Waals surface area contributed by atoms with Gasteiger partial charge in [0.15, 0.2) is 0 Å². The first-order valence-electron chi connectivity index (χ1n) is 5.17. The third-order valence-corrected chi connectivity index (χ3v) is 2.80. The summed E-state index contributed by atoms with van der Waals surface area (Å²) in [5, 5.41) is 3.10. The van der Waals surface area contributed by atoms with E-state index in [1.54, 1.807) is 0 Å². The summed E-state index contributed by atoms with van der Waals surface area (Å²) >= 11 is 0. The number of likely N-dealkylation sites (N-methyl/N-ethyl adjacent to an activating group) is 1. The predicted molar refractivity (Wildman–Crippen MR) is 56.1 cm³/mol. The Kier molecular flexibility index (Phi) is 2.55. The van der Waals surface area contributed by atoms with Crippen LogP contribution in [-0.4, -0.2) is 13.6 Å².